The number of esters is 1. The summed E-state index contributed by atoms with van der Waals surface area (Å²) < 4.78 is 4.76. The van der Waals surface area contributed by atoms with Crippen LogP contribution >= 0.6 is 0 Å². The van der Waals surface area contributed by atoms with Crippen LogP contribution < -0.4 is 0 Å². The van der Waals surface area contributed by atoms with Crippen molar-refractivity contribution in [2.24, 2.45) is 4.99 Å². The zero-order chi connectivity index (χ0) is 7.56. The zero-order valence-electron chi connectivity index (χ0n) is 5.89. The molecule has 0 aromatic rings. The Bertz CT molecular complexity index is 206. The van der Waals surface area contributed by atoms with Gasteiger partial charge in [0, 0.05) is 5.57 Å². The van der Waals surface area contributed by atoms with Crippen LogP contribution in [0.2, 0.25) is 0 Å². The number of ether oxygens (including phenoxy) is 1. The molecule has 0 radical (unpaired) electrons. The number of hydrogen-bond donors (Lipinski definition) is 0. The molecule has 1 aliphatic heterocycles. The molecule has 0 aromatic carbocycles. The van der Waals surface area contributed by atoms with Gasteiger partial charge in [-0.1, -0.05) is 6.58 Å². The second-order valence-electron chi connectivity index (χ2n) is 2.19. The minimum Gasteiger partial charge on any atom is -0.408 e. The monoisotopic (exact) mass is 139 g/mol. The highest BCUT2D eigenvalue weighted by molar-refractivity contribution is 6.00. The first kappa shape index (κ1) is 6.99. The van der Waals surface area contributed by atoms with Crippen molar-refractivity contribution in [3.05, 3.63) is 12.2 Å². The van der Waals surface area contributed by atoms with Crippen LogP contribution in [0, 0.1) is 0 Å². The van der Waals surface area contributed by atoms with E-state index in [0.717, 1.165) is 0 Å². The summed E-state index contributed by atoms with van der Waals surface area (Å²) in [5, 5.41) is 0. The van der Waals surface area contributed by atoms with E-state index in [-0.39, 0.29) is 5.97 Å². The Morgan fingerprint density at radius 2 is 2.50 bits per heavy atom. The largest absolute Gasteiger partial charge is 0.408 e. The topological polar surface area (TPSA) is 38.7 Å². The van der Waals surface area contributed by atoms with E-state index in [1.54, 1.807) is 6.92 Å². The summed E-state index contributed by atoms with van der Waals surface area (Å²) >= 11 is 0. The van der Waals surface area contributed by atoms with E-state index < -0.39 is 0 Å². The van der Waals surface area contributed by atoms with Crippen molar-refractivity contribution in [3.8, 4) is 0 Å². The third-order valence-corrected chi connectivity index (χ3v) is 1.15. The highest BCUT2D eigenvalue weighted by Crippen LogP contribution is 2.04. The van der Waals surface area contributed by atoms with Crippen LogP contribution in [0.25, 0.3) is 0 Å². The minimum atomic E-state index is -0.215. The molecule has 3 nitrogen and oxygen atoms in total. The number of cyclic esters (lactones) is 1. The zero-order valence-corrected chi connectivity index (χ0v) is 5.89. The Morgan fingerprint density at radius 3 is 2.90 bits per heavy atom. The van der Waals surface area contributed by atoms with E-state index in [1.165, 1.54) is 0 Å². The Labute approximate surface area is 59.4 Å². The van der Waals surface area contributed by atoms with Gasteiger partial charge in [-0.25, -0.2) is 0 Å². The van der Waals surface area contributed by atoms with Crippen LogP contribution in [0.3, 0.4) is 0 Å². The second kappa shape index (κ2) is 2.64. The van der Waals surface area contributed by atoms with Gasteiger partial charge in [-0.05, 0) is 6.92 Å². The standard InChI is InChI=1S/C7H9NO2/c1-5(2)7-8-4-3-6(9)10-7/h1,3-4H2,2H3. The molecule has 1 heterocycles. The third-order valence-electron chi connectivity index (χ3n) is 1.15. The first-order valence-corrected chi connectivity index (χ1v) is 3.11. The maximum absolute atomic E-state index is 10.6. The van der Waals surface area contributed by atoms with E-state index in [0.29, 0.717) is 24.4 Å². The van der Waals surface area contributed by atoms with Gasteiger partial charge in [0.1, 0.15) is 0 Å². The lowest BCUT2D eigenvalue weighted by Gasteiger charge is -2.10. The molecule has 0 bridgehead atoms. The second-order valence-corrected chi connectivity index (χ2v) is 2.19. The normalized spacial score (nSPS) is 17.7. The van der Waals surface area contributed by atoms with Crippen LogP contribution in [-0.4, -0.2) is 18.4 Å². The maximum Gasteiger partial charge on any atom is 0.314 e. The van der Waals surface area contributed by atoms with Crippen LogP contribution in [0.1, 0.15) is 13.3 Å². The number of carbonyl (C=O) groups is 1. The van der Waals surface area contributed by atoms with E-state index in [1.807, 2.05) is 0 Å². The van der Waals surface area contributed by atoms with Gasteiger partial charge in [0.05, 0.1) is 13.0 Å². The first-order chi connectivity index (χ1) is 4.70. The van der Waals surface area contributed by atoms with Gasteiger partial charge in [0.2, 0.25) is 5.90 Å². The van der Waals surface area contributed by atoms with Crippen LogP contribution in [0.5, 0.6) is 0 Å². The van der Waals surface area contributed by atoms with Crippen molar-refractivity contribution < 1.29 is 9.53 Å². The molecular weight excluding hydrogens is 130 g/mol. The molecule has 1 aliphatic rings. The van der Waals surface area contributed by atoms with E-state index in [2.05, 4.69) is 11.6 Å². The molecule has 54 valence electrons. The van der Waals surface area contributed by atoms with E-state index in [9.17, 15) is 4.79 Å². The molecular formula is C7H9NO2. The van der Waals surface area contributed by atoms with Gasteiger partial charge >= 0.3 is 5.97 Å². The number of hydrogen-bond acceptors (Lipinski definition) is 3. The molecule has 0 fully saturated rings. The number of aliphatic imine (C=N–C) groups is 1. The lowest BCUT2D eigenvalue weighted by Crippen LogP contribution is -2.19. The Balaban J connectivity index is 2.69. The average molecular weight is 139 g/mol. The smallest absolute Gasteiger partial charge is 0.314 e. The fourth-order valence-corrected chi connectivity index (χ4v) is 0.662. The molecule has 0 spiro atoms. The first-order valence-electron chi connectivity index (χ1n) is 3.11. The molecule has 1 rings (SSSR count). The molecule has 0 unspecified atom stereocenters. The molecule has 3 heteroatoms. The van der Waals surface area contributed by atoms with E-state index in [4.69, 9.17) is 4.74 Å². The number of carbonyl (C=O) groups excluding carboxylic acids is 1. The van der Waals surface area contributed by atoms with Crippen molar-refractivity contribution in [2.75, 3.05) is 6.54 Å². The fourth-order valence-electron chi connectivity index (χ4n) is 0.662. The van der Waals surface area contributed by atoms with Crippen LogP contribution in [0.15, 0.2) is 17.1 Å². The predicted octanol–water partition coefficient (Wildman–Crippen LogP) is 0.908. The van der Waals surface area contributed by atoms with Crippen molar-refractivity contribution in [1.82, 2.24) is 0 Å². The summed E-state index contributed by atoms with van der Waals surface area (Å²) in [6, 6.07) is 0. The highest BCUT2D eigenvalue weighted by atomic mass is 16.5. The lowest BCUT2D eigenvalue weighted by molar-refractivity contribution is -0.135. The summed E-state index contributed by atoms with van der Waals surface area (Å²) in [4.78, 5) is 14.6. The average Bonchev–Trinajstić information content (AvgIpc) is 1.88. The minimum absolute atomic E-state index is 0.215. The summed E-state index contributed by atoms with van der Waals surface area (Å²) in [5.41, 5.74) is 0.702. The van der Waals surface area contributed by atoms with Gasteiger partial charge in [-0.15, -0.1) is 0 Å². The summed E-state index contributed by atoms with van der Waals surface area (Å²) in [6.07, 6.45) is 0.386. The highest BCUT2D eigenvalue weighted by Gasteiger charge is 2.13. The molecule has 0 saturated carbocycles. The Morgan fingerprint density at radius 1 is 1.80 bits per heavy atom. The number of nitrogens with zero attached hydrogens (tertiary/aromatic N) is 1. The van der Waals surface area contributed by atoms with E-state index >= 15 is 0 Å². The molecule has 0 saturated heterocycles. The lowest BCUT2D eigenvalue weighted by atomic mass is 10.3. The molecule has 0 N–H and O–H groups in total. The van der Waals surface area contributed by atoms with Crippen molar-refractivity contribution in [3.63, 3.8) is 0 Å². The van der Waals surface area contributed by atoms with Crippen molar-refractivity contribution in [2.45, 2.75) is 13.3 Å². The van der Waals surface area contributed by atoms with Crippen LogP contribution in [0.4, 0.5) is 0 Å². The van der Waals surface area contributed by atoms with Crippen molar-refractivity contribution >= 4 is 11.9 Å². The molecule has 0 aliphatic carbocycles. The predicted molar refractivity (Wildman–Crippen MR) is 37.8 cm³/mol. The van der Waals surface area contributed by atoms with Gasteiger partial charge in [0.15, 0.2) is 0 Å². The van der Waals surface area contributed by atoms with Crippen molar-refractivity contribution in [1.29, 1.82) is 0 Å². The molecule has 0 amide bonds. The summed E-state index contributed by atoms with van der Waals surface area (Å²) in [6.45, 7) is 5.90. The SMILES string of the molecule is C=C(C)C1=NCCC(=O)O1. The Kier molecular flexibility index (Phi) is 1.85. The number of rotatable bonds is 1. The molecule has 10 heavy (non-hydrogen) atoms. The van der Waals surface area contributed by atoms with Gasteiger partial charge in [0.25, 0.3) is 0 Å². The third kappa shape index (κ3) is 1.43. The molecule has 0 atom stereocenters. The summed E-state index contributed by atoms with van der Waals surface area (Å²) in [5.74, 6) is 0.171. The quantitative estimate of drug-likeness (QED) is 0.506. The Hall–Kier alpha value is -1.12. The molecule has 0 aromatic heterocycles. The van der Waals surface area contributed by atoms with Gasteiger partial charge < -0.3 is 4.74 Å². The fraction of sp³-hybridized carbons (Fsp3) is 0.429. The van der Waals surface area contributed by atoms with Crippen LogP contribution in [-0.2, 0) is 9.53 Å². The summed E-state index contributed by atoms with van der Waals surface area (Å²) in [7, 11) is 0. The van der Waals surface area contributed by atoms with Gasteiger partial charge in [-0.2, -0.15) is 0 Å². The van der Waals surface area contributed by atoms with Gasteiger partial charge in [-0.3, -0.25) is 9.79 Å². The maximum atomic E-state index is 10.6.